The Hall–Kier alpha value is -2.77. The van der Waals surface area contributed by atoms with Crippen molar-refractivity contribution in [3.63, 3.8) is 0 Å². The molecule has 0 heterocycles. The van der Waals surface area contributed by atoms with Crippen LogP contribution in [0.5, 0.6) is 0 Å². The van der Waals surface area contributed by atoms with Gasteiger partial charge < -0.3 is 15.6 Å². The second kappa shape index (κ2) is 5.53. The maximum atomic E-state index is 10.9. The first-order valence-corrected chi connectivity index (χ1v) is 4.69. The predicted octanol–water partition coefficient (Wildman–Crippen LogP) is 0.783. The van der Waals surface area contributed by atoms with Gasteiger partial charge in [0.25, 0.3) is 0 Å². The van der Waals surface area contributed by atoms with E-state index < -0.39 is 18.1 Å². The Labute approximate surface area is 102 Å². The molecule has 0 aliphatic heterocycles. The van der Waals surface area contributed by atoms with Crippen LogP contribution in [0.15, 0.2) is 24.3 Å². The van der Waals surface area contributed by atoms with Crippen LogP contribution < -0.4 is 10.8 Å². The summed E-state index contributed by atoms with van der Waals surface area (Å²) in [5, 5.41) is 16.7. The number of nitrogens with one attached hydrogen (secondary N) is 1. The molecule has 0 spiro atoms. The van der Waals surface area contributed by atoms with Crippen molar-refractivity contribution in [1.82, 2.24) is 0 Å². The van der Waals surface area contributed by atoms with Crippen LogP contribution in [0.3, 0.4) is 0 Å². The summed E-state index contributed by atoms with van der Waals surface area (Å²) in [5.41, 5.74) is 5.51. The molecular formula is C10H11N3O5. The van der Waals surface area contributed by atoms with Gasteiger partial charge in [0.05, 0.1) is 18.4 Å². The SMILES string of the molecule is COC(=O)ON(C(=N)N)c1ccc(C(=O)O)cc1. The maximum absolute atomic E-state index is 10.9. The average Bonchev–Trinajstić information content (AvgIpc) is 2.35. The maximum Gasteiger partial charge on any atom is 0.533 e. The van der Waals surface area contributed by atoms with Crippen molar-refractivity contribution in [2.45, 2.75) is 0 Å². The lowest BCUT2D eigenvalue weighted by atomic mass is 10.2. The Kier molecular flexibility index (Phi) is 4.08. The second-order valence-corrected chi connectivity index (χ2v) is 3.08. The first kappa shape index (κ1) is 13.3. The molecule has 0 radical (unpaired) electrons. The zero-order chi connectivity index (χ0) is 13.7. The van der Waals surface area contributed by atoms with E-state index >= 15 is 0 Å². The van der Waals surface area contributed by atoms with E-state index in [0.717, 1.165) is 7.11 Å². The van der Waals surface area contributed by atoms with Gasteiger partial charge in [0.15, 0.2) is 0 Å². The molecule has 4 N–H and O–H groups in total. The lowest BCUT2D eigenvalue weighted by Crippen LogP contribution is -2.38. The van der Waals surface area contributed by atoms with Gasteiger partial charge in [-0.25, -0.2) is 9.59 Å². The number of hydrogen-bond donors (Lipinski definition) is 3. The molecule has 1 aromatic rings. The number of nitrogens with two attached hydrogens (primary N) is 1. The van der Waals surface area contributed by atoms with Gasteiger partial charge in [0.1, 0.15) is 0 Å². The molecule has 0 saturated heterocycles. The van der Waals surface area contributed by atoms with Gasteiger partial charge in [-0.3, -0.25) is 10.2 Å². The summed E-state index contributed by atoms with van der Waals surface area (Å²) >= 11 is 0. The van der Waals surface area contributed by atoms with Crippen LogP contribution >= 0.6 is 0 Å². The Morgan fingerprint density at radius 2 is 1.89 bits per heavy atom. The first-order valence-electron chi connectivity index (χ1n) is 4.69. The van der Waals surface area contributed by atoms with Crippen molar-refractivity contribution < 1.29 is 24.3 Å². The van der Waals surface area contributed by atoms with E-state index in [-0.39, 0.29) is 11.3 Å². The van der Waals surface area contributed by atoms with E-state index in [9.17, 15) is 9.59 Å². The van der Waals surface area contributed by atoms with Crippen LogP contribution in [0.25, 0.3) is 0 Å². The molecule has 0 aromatic heterocycles. The standard InChI is InChI=1S/C10H11N3O5/c1-17-10(16)18-13(9(11)12)7-4-2-6(3-5-7)8(14)15/h2-5H,1H3,(H3,11,12)(H,14,15). The molecule has 0 aliphatic carbocycles. The van der Waals surface area contributed by atoms with Gasteiger partial charge in [0.2, 0.25) is 5.96 Å². The number of benzene rings is 1. The van der Waals surface area contributed by atoms with Crippen LogP contribution in [0.4, 0.5) is 10.5 Å². The fraction of sp³-hybridized carbons (Fsp3) is 0.100. The number of ether oxygens (including phenoxy) is 1. The number of hydrogen-bond acceptors (Lipinski definition) is 5. The highest BCUT2D eigenvalue weighted by molar-refractivity contribution is 5.93. The van der Waals surface area contributed by atoms with Gasteiger partial charge in [-0.2, -0.15) is 0 Å². The van der Waals surface area contributed by atoms with Crippen LogP contribution in [-0.4, -0.2) is 30.3 Å². The third kappa shape index (κ3) is 3.11. The molecular weight excluding hydrogens is 242 g/mol. The molecule has 0 atom stereocenters. The number of hydroxylamine groups is 1. The van der Waals surface area contributed by atoms with E-state index in [2.05, 4.69) is 9.57 Å². The summed E-state index contributed by atoms with van der Waals surface area (Å²) in [4.78, 5) is 26.2. The minimum absolute atomic E-state index is 0.0559. The largest absolute Gasteiger partial charge is 0.533 e. The summed E-state index contributed by atoms with van der Waals surface area (Å²) in [6.45, 7) is 0. The Morgan fingerprint density at radius 3 is 2.28 bits per heavy atom. The van der Waals surface area contributed by atoms with E-state index in [4.69, 9.17) is 16.2 Å². The van der Waals surface area contributed by atoms with E-state index in [1.54, 1.807) is 0 Å². The quantitative estimate of drug-likeness (QED) is 0.307. The molecule has 0 saturated carbocycles. The number of rotatable bonds is 2. The summed E-state index contributed by atoms with van der Waals surface area (Å²) in [6, 6.07) is 5.25. The lowest BCUT2D eigenvalue weighted by Gasteiger charge is -2.19. The van der Waals surface area contributed by atoms with E-state index in [1.807, 2.05) is 0 Å². The molecule has 1 rings (SSSR count). The minimum atomic E-state index is -1.09. The van der Waals surface area contributed by atoms with E-state index in [1.165, 1.54) is 24.3 Å². The second-order valence-electron chi connectivity index (χ2n) is 3.08. The number of carbonyl (C=O) groups is 2. The van der Waals surface area contributed by atoms with Gasteiger partial charge in [-0.1, -0.05) is 0 Å². The van der Waals surface area contributed by atoms with Crippen LogP contribution in [-0.2, 0) is 9.57 Å². The summed E-state index contributed by atoms with van der Waals surface area (Å²) in [7, 11) is 1.11. The first-order chi connectivity index (χ1) is 8.45. The fourth-order valence-electron chi connectivity index (χ4n) is 1.09. The van der Waals surface area contributed by atoms with Crippen LogP contribution in [0.2, 0.25) is 0 Å². The molecule has 0 fully saturated rings. The van der Waals surface area contributed by atoms with Gasteiger partial charge in [-0.05, 0) is 24.3 Å². The van der Waals surface area contributed by atoms with Crippen molar-refractivity contribution in [1.29, 1.82) is 5.41 Å². The monoisotopic (exact) mass is 253 g/mol. The van der Waals surface area contributed by atoms with E-state index in [0.29, 0.717) is 5.06 Å². The number of carboxylic acid groups (broad SMARTS) is 1. The number of carbonyl (C=O) groups excluding carboxylic acids is 1. The zero-order valence-electron chi connectivity index (χ0n) is 9.41. The number of nitrogens with zero attached hydrogens (tertiary/aromatic N) is 1. The van der Waals surface area contributed by atoms with Crippen molar-refractivity contribution >= 4 is 23.8 Å². The fourth-order valence-corrected chi connectivity index (χ4v) is 1.09. The number of methoxy groups -OCH3 is 1. The lowest BCUT2D eigenvalue weighted by molar-refractivity contribution is 0.0693. The highest BCUT2D eigenvalue weighted by Crippen LogP contribution is 2.15. The summed E-state index contributed by atoms with van der Waals surface area (Å²) in [6.07, 6.45) is -1.05. The van der Waals surface area contributed by atoms with Crippen molar-refractivity contribution in [2.75, 3.05) is 12.2 Å². The van der Waals surface area contributed by atoms with Gasteiger partial charge in [-0.15, -0.1) is 5.06 Å². The number of aromatic carboxylic acids is 1. The molecule has 18 heavy (non-hydrogen) atoms. The summed E-state index contributed by atoms with van der Waals surface area (Å²) in [5.74, 6) is -1.65. The smallest absolute Gasteiger partial charge is 0.478 e. The molecule has 0 bridgehead atoms. The predicted molar refractivity (Wildman–Crippen MR) is 61.3 cm³/mol. The number of anilines is 1. The number of guanidine groups is 1. The molecule has 0 aliphatic rings. The molecule has 8 nitrogen and oxygen atoms in total. The molecule has 0 unspecified atom stereocenters. The van der Waals surface area contributed by atoms with Crippen molar-refractivity contribution in [3.8, 4) is 0 Å². The molecule has 8 heteroatoms. The zero-order valence-corrected chi connectivity index (χ0v) is 9.41. The van der Waals surface area contributed by atoms with Crippen molar-refractivity contribution in [2.24, 2.45) is 5.73 Å². The Bertz CT molecular complexity index is 471. The molecule has 96 valence electrons. The highest BCUT2D eigenvalue weighted by Gasteiger charge is 2.16. The Morgan fingerprint density at radius 1 is 1.33 bits per heavy atom. The number of carboxylic acids is 1. The topological polar surface area (TPSA) is 126 Å². The molecule has 0 amide bonds. The highest BCUT2D eigenvalue weighted by atomic mass is 16.8. The van der Waals surface area contributed by atoms with Gasteiger partial charge >= 0.3 is 12.1 Å². The Balaban J connectivity index is 2.96. The minimum Gasteiger partial charge on any atom is -0.478 e. The van der Waals surface area contributed by atoms with Crippen molar-refractivity contribution in [3.05, 3.63) is 29.8 Å². The third-order valence-corrected chi connectivity index (χ3v) is 1.90. The van der Waals surface area contributed by atoms with Gasteiger partial charge in [0, 0.05) is 0 Å². The summed E-state index contributed by atoms with van der Waals surface area (Å²) < 4.78 is 4.27. The average molecular weight is 253 g/mol. The van der Waals surface area contributed by atoms with Crippen LogP contribution in [0, 0.1) is 5.41 Å². The van der Waals surface area contributed by atoms with Crippen LogP contribution in [0.1, 0.15) is 10.4 Å². The molecule has 1 aromatic carbocycles. The normalized spacial score (nSPS) is 9.39. The third-order valence-electron chi connectivity index (χ3n) is 1.90.